The number of hydrogen-bond donors (Lipinski definition) is 1. The first-order valence-electron chi connectivity index (χ1n) is 6.33. The highest BCUT2D eigenvalue weighted by atomic mass is 19.4. The van der Waals surface area contributed by atoms with Crippen LogP contribution >= 0.6 is 0 Å². The van der Waals surface area contributed by atoms with Gasteiger partial charge in [-0.05, 0) is 49.2 Å². The van der Waals surface area contributed by atoms with Gasteiger partial charge in [-0.2, -0.15) is 13.2 Å². The van der Waals surface area contributed by atoms with Gasteiger partial charge in [-0.15, -0.1) is 0 Å². The lowest BCUT2D eigenvalue weighted by atomic mass is 10.1. The van der Waals surface area contributed by atoms with Gasteiger partial charge >= 0.3 is 6.18 Å². The molecule has 0 atom stereocenters. The Labute approximate surface area is 116 Å². The number of hydrogen-bond acceptors (Lipinski definition) is 1. The molecule has 0 radical (unpaired) electrons. The summed E-state index contributed by atoms with van der Waals surface area (Å²) in [4.78, 5) is 0. The van der Waals surface area contributed by atoms with Crippen molar-refractivity contribution in [3.05, 3.63) is 64.7 Å². The van der Waals surface area contributed by atoms with Crippen molar-refractivity contribution >= 4 is 5.69 Å². The van der Waals surface area contributed by atoms with Crippen LogP contribution in [0.25, 0.3) is 0 Å². The van der Waals surface area contributed by atoms with Gasteiger partial charge in [-0.1, -0.05) is 23.8 Å². The third-order valence-electron chi connectivity index (χ3n) is 3.20. The summed E-state index contributed by atoms with van der Waals surface area (Å²) < 4.78 is 37.3. The Morgan fingerprint density at radius 3 is 2.20 bits per heavy atom. The Bertz CT molecular complexity index is 586. The lowest BCUT2D eigenvalue weighted by Crippen LogP contribution is -2.05. The van der Waals surface area contributed by atoms with Gasteiger partial charge in [0.25, 0.3) is 0 Å². The van der Waals surface area contributed by atoms with Gasteiger partial charge < -0.3 is 5.32 Å². The van der Waals surface area contributed by atoms with Crippen LogP contribution < -0.4 is 5.32 Å². The normalized spacial score (nSPS) is 11.4. The van der Waals surface area contributed by atoms with Crippen molar-refractivity contribution in [1.82, 2.24) is 0 Å². The fraction of sp³-hybridized carbons (Fsp3) is 0.250. The highest BCUT2D eigenvalue weighted by Crippen LogP contribution is 2.29. The van der Waals surface area contributed by atoms with Crippen molar-refractivity contribution < 1.29 is 13.2 Å². The van der Waals surface area contributed by atoms with Crippen LogP contribution in [0.15, 0.2) is 42.5 Å². The maximum atomic E-state index is 12.4. The second-order valence-corrected chi connectivity index (χ2v) is 4.86. The SMILES string of the molecule is Cc1ccc(C)c(CNc2ccc(C(F)(F)F)cc2)c1. The molecular weight excluding hydrogens is 263 g/mol. The van der Waals surface area contributed by atoms with E-state index in [1.807, 2.05) is 26.0 Å². The van der Waals surface area contributed by atoms with Crippen LogP contribution in [-0.4, -0.2) is 0 Å². The van der Waals surface area contributed by atoms with Gasteiger partial charge in [0.15, 0.2) is 0 Å². The predicted octanol–water partition coefficient (Wildman–Crippen LogP) is 4.93. The molecule has 0 fully saturated rings. The van der Waals surface area contributed by atoms with Crippen LogP contribution in [0.5, 0.6) is 0 Å². The molecule has 0 saturated heterocycles. The summed E-state index contributed by atoms with van der Waals surface area (Å²) in [5.74, 6) is 0. The summed E-state index contributed by atoms with van der Waals surface area (Å²) in [7, 11) is 0. The first-order chi connectivity index (χ1) is 9.36. The third-order valence-corrected chi connectivity index (χ3v) is 3.20. The minimum Gasteiger partial charge on any atom is -0.381 e. The molecular formula is C16H16F3N. The molecule has 2 aromatic carbocycles. The lowest BCUT2D eigenvalue weighted by molar-refractivity contribution is -0.137. The number of aryl methyl sites for hydroxylation is 2. The number of alkyl halides is 3. The molecule has 4 heteroatoms. The monoisotopic (exact) mass is 279 g/mol. The van der Waals surface area contributed by atoms with Crippen LogP contribution in [0.4, 0.5) is 18.9 Å². The molecule has 0 saturated carbocycles. The number of anilines is 1. The molecule has 0 aliphatic heterocycles. The molecule has 0 aliphatic rings. The molecule has 0 amide bonds. The predicted molar refractivity (Wildman–Crippen MR) is 74.7 cm³/mol. The van der Waals surface area contributed by atoms with Crippen molar-refractivity contribution in [2.75, 3.05) is 5.32 Å². The quantitative estimate of drug-likeness (QED) is 0.839. The third kappa shape index (κ3) is 3.53. The van der Waals surface area contributed by atoms with E-state index in [-0.39, 0.29) is 0 Å². The van der Waals surface area contributed by atoms with E-state index in [9.17, 15) is 13.2 Å². The fourth-order valence-electron chi connectivity index (χ4n) is 1.97. The van der Waals surface area contributed by atoms with E-state index in [2.05, 4.69) is 11.4 Å². The van der Waals surface area contributed by atoms with Gasteiger partial charge in [0, 0.05) is 12.2 Å². The Morgan fingerprint density at radius 2 is 1.60 bits per heavy atom. The molecule has 0 unspecified atom stereocenters. The molecule has 2 aromatic rings. The minimum atomic E-state index is -4.29. The second-order valence-electron chi connectivity index (χ2n) is 4.86. The average Bonchev–Trinajstić information content (AvgIpc) is 2.39. The van der Waals surface area contributed by atoms with Crippen LogP contribution in [0, 0.1) is 13.8 Å². The molecule has 0 spiro atoms. The van der Waals surface area contributed by atoms with E-state index >= 15 is 0 Å². The topological polar surface area (TPSA) is 12.0 Å². The van der Waals surface area contributed by atoms with Gasteiger partial charge in [0.05, 0.1) is 5.56 Å². The highest BCUT2D eigenvalue weighted by Gasteiger charge is 2.29. The van der Waals surface area contributed by atoms with Crippen molar-refractivity contribution in [3.63, 3.8) is 0 Å². The minimum absolute atomic E-state index is 0.596. The van der Waals surface area contributed by atoms with E-state index in [0.29, 0.717) is 12.2 Å². The molecule has 0 heterocycles. The Morgan fingerprint density at radius 1 is 0.950 bits per heavy atom. The maximum absolute atomic E-state index is 12.4. The summed E-state index contributed by atoms with van der Waals surface area (Å²) >= 11 is 0. The molecule has 0 bridgehead atoms. The standard InChI is InChI=1S/C16H16F3N/c1-11-3-4-12(2)13(9-11)10-20-15-7-5-14(6-8-15)16(17,18)19/h3-9,20H,10H2,1-2H3. The molecule has 0 aliphatic carbocycles. The fourth-order valence-corrected chi connectivity index (χ4v) is 1.97. The number of rotatable bonds is 3. The molecule has 20 heavy (non-hydrogen) atoms. The van der Waals surface area contributed by atoms with Gasteiger partial charge in [-0.25, -0.2) is 0 Å². The van der Waals surface area contributed by atoms with Gasteiger partial charge in [-0.3, -0.25) is 0 Å². The molecule has 1 N–H and O–H groups in total. The zero-order valence-electron chi connectivity index (χ0n) is 11.4. The molecule has 1 nitrogen and oxygen atoms in total. The van der Waals surface area contributed by atoms with Crippen LogP contribution in [0.2, 0.25) is 0 Å². The lowest BCUT2D eigenvalue weighted by Gasteiger charge is -2.11. The second kappa shape index (κ2) is 5.57. The molecule has 2 rings (SSSR count). The maximum Gasteiger partial charge on any atom is 0.416 e. The van der Waals surface area contributed by atoms with E-state index in [1.165, 1.54) is 17.7 Å². The number of benzene rings is 2. The van der Waals surface area contributed by atoms with E-state index in [1.54, 1.807) is 0 Å². The summed E-state index contributed by atoms with van der Waals surface area (Å²) in [5, 5.41) is 3.14. The zero-order chi connectivity index (χ0) is 14.8. The van der Waals surface area contributed by atoms with E-state index in [0.717, 1.165) is 23.3 Å². The summed E-state index contributed by atoms with van der Waals surface area (Å²) in [6.07, 6.45) is -4.29. The smallest absolute Gasteiger partial charge is 0.381 e. The Hall–Kier alpha value is -1.97. The van der Waals surface area contributed by atoms with Crippen LogP contribution in [0.3, 0.4) is 0 Å². The van der Waals surface area contributed by atoms with Crippen molar-refractivity contribution in [1.29, 1.82) is 0 Å². The Kier molecular flexibility index (Phi) is 4.02. The van der Waals surface area contributed by atoms with Gasteiger partial charge in [0.2, 0.25) is 0 Å². The summed E-state index contributed by atoms with van der Waals surface area (Å²) in [6.45, 7) is 4.63. The van der Waals surface area contributed by atoms with Crippen LogP contribution in [-0.2, 0) is 12.7 Å². The first-order valence-corrected chi connectivity index (χ1v) is 6.33. The Balaban J connectivity index is 2.06. The average molecular weight is 279 g/mol. The van der Waals surface area contributed by atoms with Crippen molar-refractivity contribution in [2.24, 2.45) is 0 Å². The molecule has 106 valence electrons. The largest absolute Gasteiger partial charge is 0.416 e. The summed E-state index contributed by atoms with van der Waals surface area (Å²) in [6, 6.07) is 11.2. The summed E-state index contributed by atoms with van der Waals surface area (Å²) in [5.41, 5.74) is 3.52. The number of nitrogens with one attached hydrogen (secondary N) is 1. The van der Waals surface area contributed by atoms with E-state index in [4.69, 9.17) is 0 Å². The van der Waals surface area contributed by atoms with Crippen molar-refractivity contribution in [2.45, 2.75) is 26.6 Å². The van der Waals surface area contributed by atoms with Gasteiger partial charge in [0.1, 0.15) is 0 Å². The zero-order valence-corrected chi connectivity index (χ0v) is 11.4. The number of halogens is 3. The molecule has 0 aromatic heterocycles. The highest BCUT2D eigenvalue weighted by molar-refractivity contribution is 5.46. The van der Waals surface area contributed by atoms with Crippen molar-refractivity contribution in [3.8, 4) is 0 Å². The first kappa shape index (κ1) is 14.4. The van der Waals surface area contributed by atoms with Crippen LogP contribution in [0.1, 0.15) is 22.3 Å². The van der Waals surface area contributed by atoms with E-state index < -0.39 is 11.7 Å².